The maximum atomic E-state index is 13.1. The minimum Gasteiger partial charge on any atom is -0.489 e. The highest BCUT2D eigenvalue weighted by Crippen LogP contribution is 2.56. The molecule has 1 aliphatic rings. The number of hydrogen-bond acceptors (Lipinski definition) is 4. The second-order valence-corrected chi connectivity index (χ2v) is 10.9. The summed E-state index contributed by atoms with van der Waals surface area (Å²) in [6.45, 7) is 5.45. The number of nitrogens with one attached hydrogen (secondary N) is 1. The molecule has 2 aromatic rings. The minimum atomic E-state index is -1.03. The zero-order valence-corrected chi connectivity index (χ0v) is 22.0. The normalized spacial score (nSPS) is 21.5. The Morgan fingerprint density at radius 2 is 1.67 bits per heavy atom. The molecule has 3 N–H and O–H groups in total. The zero-order valence-electron chi connectivity index (χ0n) is 20.5. The van der Waals surface area contributed by atoms with Crippen molar-refractivity contribution in [2.75, 3.05) is 0 Å². The number of carbonyl (C=O) groups excluding carboxylic acids is 1. The third-order valence-electron chi connectivity index (χ3n) is 7.63. The topological polar surface area (TPSA) is 113 Å². The van der Waals surface area contributed by atoms with Crippen LogP contribution in [0.2, 0.25) is 10.0 Å². The number of ether oxygens (including phenoxy) is 1. The monoisotopic (exact) mass is 535 g/mol. The molecule has 2 aromatic carbocycles. The highest BCUT2D eigenvalue weighted by Gasteiger charge is 2.58. The van der Waals surface area contributed by atoms with E-state index in [-0.39, 0.29) is 18.9 Å². The Morgan fingerprint density at radius 1 is 1.06 bits per heavy atom. The van der Waals surface area contributed by atoms with Crippen LogP contribution in [0.25, 0.3) is 0 Å². The van der Waals surface area contributed by atoms with Crippen LogP contribution in [0.1, 0.15) is 51.2 Å². The molecule has 1 fully saturated rings. The van der Waals surface area contributed by atoms with Crippen LogP contribution in [0.5, 0.6) is 5.75 Å². The minimum absolute atomic E-state index is 0.196. The highest BCUT2D eigenvalue weighted by molar-refractivity contribution is 6.35. The van der Waals surface area contributed by atoms with E-state index in [2.05, 4.69) is 5.32 Å². The van der Waals surface area contributed by atoms with Gasteiger partial charge in [-0.15, -0.1) is 0 Å². The molecule has 0 aliphatic heterocycles. The summed E-state index contributed by atoms with van der Waals surface area (Å²) < 4.78 is 5.79. The fourth-order valence-corrected chi connectivity index (χ4v) is 5.37. The predicted octanol–water partition coefficient (Wildman–Crippen LogP) is 5.60. The molecule has 3 atom stereocenters. The Kier molecular flexibility index (Phi) is 8.57. The van der Waals surface area contributed by atoms with Crippen LogP contribution in [0.3, 0.4) is 0 Å². The first-order chi connectivity index (χ1) is 16.8. The van der Waals surface area contributed by atoms with Crippen LogP contribution in [0.4, 0.5) is 0 Å². The Bertz CT molecular complexity index is 1110. The van der Waals surface area contributed by atoms with Crippen LogP contribution in [-0.4, -0.2) is 34.1 Å². The average molecular weight is 536 g/mol. The van der Waals surface area contributed by atoms with Crippen molar-refractivity contribution >= 4 is 41.0 Å². The molecule has 0 saturated heterocycles. The number of amides is 1. The van der Waals surface area contributed by atoms with Gasteiger partial charge >= 0.3 is 11.9 Å². The molecule has 0 bridgehead atoms. The van der Waals surface area contributed by atoms with E-state index in [1.165, 1.54) is 0 Å². The Labute approximate surface area is 220 Å². The molecule has 0 spiro atoms. The summed E-state index contributed by atoms with van der Waals surface area (Å²) in [4.78, 5) is 36.5. The summed E-state index contributed by atoms with van der Waals surface area (Å²) in [6.07, 6.45) is 0.872. The second kappa shape index (κ2) is 11.1. The molecule has 7 nitrogen and oxygen atoms in total. The Hall–Kier alpha value is -2.77. The smallest absolute Gasteiger partial charge is 0.309 e. The summed E-state index contributed by atoms with van der Waals surface area (Å²) in [7, 11) is 0. The largest absolute Gasteiger partial charge is 0.489 e. The molecule has 0 heterocycles. The molecule has 0 unspecified atom stereocenters. The second-order valence-electron chi connectivity index (χ2n) is 10.1. The Morgan fingerprint density at radius 3 is 2.19 bits per heavy atom. The summed E-state index contributed by atoms with van der Waals surface area (Å²) in [5, 5.41) is 23.0. The average Bonchev–Trinajstić information content (AvgIpc) is 3.04. The molecule has 0 radical (unpaired) electrons. The quantitative estimate of drug-likeness (QED) is 0.364. The van der Waals surface area contributed by atoms with Crippen molar-refractivity contribution in [3.05, 3.63) is 63.6 Å². The van der Waals surface area contributed by atoms with Crippen molar-refractivity contribution in [3.8, 4) is 5.75 Å². The van der Waals surface area contributed by atoms with Gasteiger partial charge in [-0.3, -0.25) is 14.4 Å². The first-order valence-electron chi connectivity index (χ1n) is 11.8. The molecule has 9 heteroatoms. The summed E-state index contributed by atoms with van der Waals surface area (Å²) >= 11 is 12.4. The zero-order chi connectivity index (χ0) is 26.7. The standard InChI is InChI=1S/C27H31Cl2NO6/c1-26(2)20(11-12-27(26,3)25(34)35)24(33)30-17(14-23(31)32)13-16-7-9-18(10-8-16)36-15-19-21(28)5-4-6-22(19)29/h4-10,17,20H,11-15H2,1-3H3,(H,30,33)(H,31,32)(H,34,35)/t17-,20-,27-/m0/s1. The number of hydrogen-bond donors (Lipinski definition) is 3. The lowest BCUT2D eigenvalue weighted by molar-refractivity contribution is -0.155. The number of rotatable bonds is 10. The maximum absolute atomic E-state index is 13.1. The first kappa shape index (κ1) is 27.8. The van der Waals surface area contributed by atoms with Gasteiger partial charge in [0.25, 0.3) is 0 Å². The van der Waals surface area contributed by atoms with Crippen molar-refractivity contribution in [1.82, 2.24) is 5.32 Å². The van der Waals surface area contributed by atoms with E-state index < -0.39 is 34.7 Å². The fraction of sp³-hybridized carbons (Fsp3) is 0.444. The lowest BCUT2D eigenvalue weighted by atomic mass is 9.65. The number of aliphatic carboxylic acids is 2. The third-order valence-corrected chi connectivity index (χ3v) is 8.34. The van der Waals surface area contributed by atoms with Crippen LogP contribution in [0.15, 0.2) is 42.5 Å². The molecule has 3 rings (SSSR count). The number of carboxylic acid groups (broad SMARTS) is 2. The highest BCUT2D eigenvalue weighted by atomic mass is 35.5. The molecule has 1 amide bonds. The van der Waals surface area contributed by atoms with E-state index in [1.807, 2.05) is 12.1 Å². The van der Waals surface area contributed by atoms with Crippen molar-refractivity contribution in [3.63, 3.8) is 0 Å². The predicted molar refractivity (Wildman–Crippen MR) is 137 cm³/mol. The van der Waals surface area contributed by atoms with E-state index >= 15 is 0 Å². The van der Waals surface area contributed by atoms with Crippen molar-refractivity contribution < 1.29 is 29.3 Å². The van der Waals surface area contributed by atoms with Gasteiger partial charge in [0.1, 0.15) is 12.4 Å². The van der Waals surface area contributed by atoms with Crippen molar-refractivity contribution in [2.24, 2.45) is 16.7 Å². The lowest BCUT2D eigenvalue weighted by Gasteiger charge is -2.38. The lowest BCUT2D eigenvalue weighted by Crippen LogP contribution is -2.48. The number of benzene rings is 2. The molecule has 1 saturated carbocycles. The number of halogens is 2. The third kappa shape index (κ3) is 5.95. The molecular formula is C27H31Cl2NO6. The van der Waals surface area contributed by atoms with Gasteiger partial charge in [-0.25, -0.2) is 0 Å². The van der Waals surface area contributed by atoms with Crippen LogP contribution >= 0.6 is 23.2 Å². The number of carboxylic acids is 2. The van der Waals surface area contributed by atoms with E-state index in [4.69, 9.17) is 27.9 Å². The van der Waals surface area contributed by atoms with E-state index in [1.54, 1.807) is 51.1 Å². The first-order valence-corrected chi connectivity index (χ1v) is 12.5. The SMILES string of the molecule is CC1(C)[C@H](C(=O)N[C@H](CC(=O)O)Cc2ccc(OCc3c(Cl)cccc3Cl)cc2)CC[C@@]1(C)C(=O)O. The van der Waals surface area contributed by atoms with E-state index in [9.17, 15) is 24.6 Å². The van der Waals surface area contributed by atoms with Gasteiger partial charge in [0.2, 0.25) is 5.91 Å². The maximum Gasteiger partial charge on any atom is 0.309 e. The van der Waals surface area contributed by atoms with Gasteiger partial charge < -0.3 is 20.3 Å². The van der Waals surface area contributed by atoms with Crippen LogP contribution in [0, 0.1) is 16.7 Å². The fourth-order valence-electron chi connectivity index (χ4n) is 4.86. The summed E-state index contributed by atoms with van der Waals surface area (Å²) in [5.74, 6) is -2.20. The molecular weight excluding hydrogens is 505 g/mol. The Balaban J connectivity index is 1.66. The molecule has 1 aliphatic carbocycles. The van der Waals surface area contributed by atoms with Crippen molar-refractivity contribution in [2.45, 2.75) is 59.1 Å². The van der Waals surface area contributed by atoms with Gasteiger partial charge in [-0.05, 0) is 61.4 Å². The number of carbonyl (C=O) groups is 3. The van der Waals surface area contributed by atoms with Crippen LogP contribution in [-0.2, 0) is 27.4 Å². The van der Waals surface area contributed by atoms with Gasteiger partial charge in [-0.2, -0.15) is 0 Å². The van der Waals surface area contributed by atoms with Gasteiger partial charge in [-0.1, -0.05) is 55.2 Å². The van der Waals surface area contributed by atoms with Gasteiger partial charge in [0, 0.05) is 27.6 Å². The molecule has 36 heavy (non-hydrogen) atoms. The molecule has 194 valence electrons. The van der Waals surface area contributed by atoms with Crippen molar-refractivity contribution in [1.29, 1.82) is 0 Å². The van der Waals surface area contributed by atoms with E-state index in [0.29, 0.717) is 40.6 Å². The summed E-state index contributed by atoms with van der Waals surface area (Å²) in [5.41, 5.74) is -0.296. The molecule has 0 aromatic heterocycles. The van der Waals surface area contributed by atoms with Gasteiger partial charge in [0.05, 0.1) is 11.8 Å². The van der Waals surface area contributed by atoms with E-state index in [0.717, 1.165) is 5.56 Å². The van der Waals surface area contributed by atoms with Crippen LogP contribution < -0.4 is 10.1 Å². The van der Waals surface area contributed by atoms with Gasteiger partial charge in [0.15, 0.2) is 0 Å². The summed E-state index contributed by atoms with van der Waals surface area (Å²) in [6, 6.07) is 11.7.